The van der Waals surface area contributed by atoms with E-state index in [1.165, 1.54) is 0 Å². The highest BCUT2D eigenvalue weighted by Gasteiger charge is 2.25. The lowest BCUT2D eigenvalue weighted by atomic mass is 10.0. The normalized spacial score (nSPS) is 21.8. The molecule has 0 saturated carbocycles. The largest absolute Gasteiger partial charge is 0.493 e. The molecule has 1 saturated heterocycles. The topological polar surface area (TPSA) is 26.3 Å². The molecule has 0 aliphatic carbocycles. The van der Waals surface area contributed by atoms with Gasteiger partial charge in [-0.1, -0.05) is 11.6 Å². The number of hydrogen-bond acceptors (Lipinski definition) is 4. The molecule has 1 unspecified atom stereocenters. The summed E-state index contributed by atoms with van der Waals surface area (Å²) in [7, 11) is 0. The molecule has 2 aliphatic heterocycles. The number of carbonyl (C=O) groups is 1. The SMILES string of the molecule is O=C(Cc1cc(Cl)cc2c1OCC2)C1CSCCS1. The van der Waals surface area contributed by atoms with Crippen molar-refractivity contribution in [3.05, 3.63) is 28.3 Å². The molecule has 2 nitrogen and oxygen atoms in total. The van der Waals surface area contributed by atoms with Crippen LogP contribution in [-0.4, -0.2) is 34.9 Å². The number of benzene rings is 1. The summed E-state index contributed by atoms with van der Waals surface area (Å²) in [6, 6.07) is 3.83. The smallest absolute Gasteiger partial charge is 0.151 e. The maximum atomic E-state index is 12.3. The first-order chi connectivity index (χ1) is 9.24. The molecule has 5 heteroatoms. The first-order valence-corrected chi connectivity index (χ1v) is 8.98. The number of thioether (sulfide) groups is 2. The van der Waals surface area contributed by atoms with E-state index in [1.807, 2.05) is 23.9 Å². The summed E-state index contributed by atoms with van der Waals surface area (Å²) in [6.07, 6.45) is 1.34. The molecule has 2 aliphatic rings. The summed E-state index contributed by atoms with van der Waals surface area (Å²) in [6.45, 7) is 0.699. The molecule has 19 heavy (non-hydrogen) atoms. The van der Waals surface area contributed by atoms with Gasteiger partial charge in [0.2, 0.25) is 0 Å². The van der Waals surface area contributed by atoms with Gasteiger partial charge in [-0.2, -0.15) is 11.8 Å². The van der Waals surface area contributed by atoms with Crippen molar-refractivity contribution in [3.8, 4) is 5.75 Å². The average molecular weight is 315 g/mol. The number of Topliss-reactive ketones (excluding diaryl/α,β-unsaturated/α-hetero) is 1. The van der Waals surface area contributed by atoms with Crippen LogP contribution in [0, 0.1) is 0 Å². The van der Waals surface area contributed by atoms with Crippen LogP contribution in [0.4, 0.5) is 0 Å². The number of carbonyl (C=O) groups excluding carboxylic acids is 1. The number of rotatable bonds is 3. The highest BCUT2D eigenvalue weighted by molar-refractivity contribution is 8.07. The standard InChI is InChI=1S/C14H15ClO2S2/c15-11-5-9-1-2-17-14(9)10(6-11)7-12(16)13-8-18-3-4-19-13/h5-6,13H,1-4,7-8H2. The predicted octanol–water partition coefficient (Wildman–Crippen LogP) is 3.24. The maximum Gasteiger partial charge on any atom is 0.151 e. The second-order valence-corrected chi connectivity index (χ2v) is 7.63. The van der Waals surface area contributed by atoms with Gasteiger partial charge in [0.1, 0.15) is 5.75 Å². The number of hydrogen-bond donors (Lipinski definition) is 0. The Morgan fingerprint density at radius 1 is 1.42 bits per heavy atom. The molecular weight excluding hydrogens is 300 g/mol. The number of ether oxygens (including phenoxy) is 1. The third-order valence-electron chi connectivity index (χ3n) is 3.37. The van der Waals surface area contributed by atoms with Crippen molar-refractivity contribution >= 4 is 40.9 Å². The lowest BCUT2D eigenvalue weighted by Gasteiger charge is -2.20. The molecule has 0 amide bonds. The van der Waals surface area contributed by atoms with Crippen molar-refractivity contribution in [2.45, 2.75) is 18.1 Å². The second kappa shape index (κ2) is 5.98. The fourth-order valence-corrected chi connectivity index (χ4v) is 5.37. The van der Waals surface area contributed by atoms with Crippen molar-refractivity contribution in [2.24, 2.45) is 0 Å². The molecule has 1 atom stereocenters. The molecule has 1 aromatic carbocycles. The average Bonchev–Trinajstić information content (AvgIpc) is 2.88. The Labute approximate surface area is 126 Å². The van der Waals surface area contributed by atoms with Crippen molar-refractivity contribution in [3.63, 3.8) is 0 Å². The molecule has 102 valence electrons. The van der Waals surface area contributed by atoms with Gasteiger partial charge in [0.15, 0.2) is 5.78 Å². The molecule has 0 spiro atoms. The van der Waals surface area contributed by atoms with E-state index in [-0.39, 0.29) is 5.25 Å². The van der Waals surface area contributed by atoms with Gasteiger partial charge in [0.05, 0.1) is 11.9 Å². The van der Waals surface area contributed by atoms with Crippen molar-refractivity contribution < 1.29 is 9.53 Å². The minimum Gasteiger partial charge on any atom is -0.493 e. The molecule has 0 N–H and O–H groups in total. The van der Waals surface area contributed by atoms with Crippen molar-refractivity contribution in [1.82, 2.24) is 0 Å². The maximum absolute atomic E-state index is 12.3. The Balaban J connectivity index is 1.77. The highest BCUT2D eigenvalue weighted by atomic mass is 35.5. The van der Waals surface area contributed by atoms with Gasteiger partial charge >= 0.3 is 0 Å². The quantitative estimate of drug-likeness (QED) is 0.855. The summed E-state index contributed by atoms with van der Waals surface area (Å²) in [5, 5.41) is 0.840. The van der Waals surface area contributed by atoms with E-state index < -0.39 is 0 Å². The zero-order valence-electron chi connectivity index (χ0n) is 10.5. The lowest BCUT2D eigenvalue weighted by Crippen LogP contribution is -2.25. The zero-order valence-corrected chi connectivity index (χ0v) is 12.9. The Bertz CT molecular complexity index is 498. The Morgan fingerprint density at radius 3 is 3.11 bits per heavy atom. The van der Waals surface area contributed by atoms with Crippen LogP contribution in [0.15, 0.2) is 12.1 Å². The van der Waals surface area contributed by atoms with E-state index in [0.29, 0.717) is 23.8 Å². The first kappa shape index (κ1) is 13.7. The van der Waals surface area contributed by atoms with Gasteiger partial charge in [-0.05, 0) is 17.7 Å². The third kappa shape index (κ3) is 3.06. The summed E-state index contributed by atoms with van der Waals surface area (Å²) in [5.74, 6) is 4.37. The second-order valence-electron chi connectivity index (χ2n) is 4.73. The minimum absolute atomic E-state index is 0.134. The monoisotopic (exact) mass is 314 g/mol. The van der Waals surface area contributed by atoms with Crippen LogP contribution in [-0.2, 0) is 17.6 Å². The predicted molar refractivity (Wildman–Crippen MR) is 82.9 cm³/mol. The van der Waals surface area contributed by atoms with Crippen LogP contribution in [0.25, 0.3) is 0 Å². The van der Waals surface area contributed by atoms with Crippen molar-refractivity contribution in [2.75, 3.05) is 23.9 Å². The van der Waals surface area contributed by atoms with E-state index in [4.69, 9.17) is 16.3 Å². The van der Waals surface area contributed by atoms with Crippen molar-refractivity contribution in [1.29, 1.82) is 0 Å². The Kier molecular flexibility index (Phi) is 4.30. The van der Waals surface area contributed by atoms with E-state index in [2.05, 4.69) is 0 Å². The van der Waals surface area contributed by atoms with Gasteiger partial charge in [-0.3, -0.25) is 4.79 Å². The first-order valence-electron chi connectivity index (χ1n) is 6.40. The van der Waals surface area contributed by atoms with Crippen LogP contribution in [0.2, 0.25) is 5.02 Å². The van der Waals surface area contributed by atoms with E-state index >= 15 is 0 Å². The van der Waals surface area contributed by atoms with Gasteiger partial charge in [0.25, 0.3) is 0 Å². The molecule has 0 aromatic heterocycles. The molecule has 0 bridgehead atoms. The zero-order chi connectivity index (χ0) is 13.2. The lowest BCUT2D eigenvalue weighted by molar-refractivity contribution is -0.117. The molecule has 1 aromatic rings. The van der Waals surface area contributed by atoms with Crippen LogP contribution in [0.3, 0.4) is 0 Å². The van der Waals surface area contributed by atoms with Gasteiger partial charge < -0.3 is 4.74 Å². The highest BCUT2D eigenvalue weighted by Crippen LogP contribution is 2.34. The molecule has 0 radical (unpaired) electrons. The van der Waals surface area contributed by atoms with Gasteiger partial charge in [-0.15, -0.1) is 11.8 Å². The summed E-state index contributed by atoms with van der Waals surface area (Å²) >= 11 is 9.78. The minimum atomic E-state index is 0.134. The third-order valence-corrected chi connectivity index (χ3v) is 6.39. The van der Waals surface area contributed by atoms with Gasteiger partial charge in [-0.25, -0.2) is 0 Å². The number of ketones is 1. The molecular formula is C14H15ClO2S2. The van der Waals surface area contributed by atoms with Crippen LogP contribution >= 0.6 is 35.1 Å². The van der Waals surface area contributed by atoms with Crippen LogP contribution in [0.5, 0.6) is 5.75 Å². The summed E-state index contributed by atoms with van der Waals surface area (Å²) in [5.41, 5.74) is 2.10. The van der Waals surface area contributed by atoms with Crippen LogP contribution in [0.1, 0.15) is 11.1 Å². The van der Waals surface area contributed by atoms with Gasteiger partial charge in [0, 0.05) is 40.7 Å². The number of halogens is 1. The Morgan fingerprint density at radius 2 is 2.32 bits per heavy atom. The molecule has 2 heterocycles. The fourth-order valence-electron chi connectivity index (χ4n) is 2.45. The molecule has 3 rings (SSSR count). The molecule has 1 fully saturated rings. The number of fused-ring (bicyclic) bond motifs is 1. The van der Waals surface area contributed by atoms with E-state index in [9.17, 15) is 4.79 Å². The summed E-state index contributed by atoms with van der Waals surface area (Å²) < 4.78 is 5.65. The summed E-state index contributed by atoms with van der Waals surface area (Å²) in [4.78, 5) is 12.3. The van der Waals surface area contributed by atoms with Crippen LogP contribution < -0.4 is 4.74 Å². The van der Waals surface area contributed by atoms with E-state index in [1.54, 1.807) is 11.8 Å². The Hall–Kier alpha value is -0.320. The fraction of sp³-hybridized carbons (Fsp3) is 0.500. The van der Waals surface area contributed by atoms with E-state index in [0.717, 1.165) is 40.6 Å².